The molecular weight excluding hydrogens is 594 g/mol. The maximum absolute atomic E-state index is 15.2. The molecule has 6 rings (SSSR count). The predicted molar refractivity (Wildman–Crippen MR) is 153 cm³/mol. The average molecular weight is 624 g/mol. The molecule has 2 atom stereocenters. The first-order valence-corrected chi connectivity index (χ1v) is 14.5. The van der Waals surface area contributed by atoms with E-state index in [1.807, 2.05) is 18.7 Å². The van der Waals surface area contributed by atoms with E-state index in [4.69, 9.17) is 32.9 Å². The summed E-state index contributed by atoms with van der Waals surface area (Å²) >= 11 is 13.3. The molecule has 0 saturated carbocycles. The monoisotopic (exact) mass is 623 g/mol. The van der Waals surface area contributed by atoms with Crippen molar-refractivity contribution in [2.75, 3.05) is 50.8 Å². The topological polar surface area (TPSA) is 69.2 Å². The third-order valence-electron chi connectivity index (χ3n) is 8.64. The van der Waals surface area contributed by atoms with Crippen LogP contribution < -0.4 is 9.64 Å². The van der Waals surface area contributed by atoms with E-state index in [2.05, 4.69) is 6.58 Å². The molecule has 4 aliphatic rings. The summed E-state index contributed by atoms with van der Waals surface area (Å²) in [5.74, 6) is -3.74. The Labute approximate surface area is 251 Å². The van der Waals surface area contributed by atoms with Crippen LogP contribution >= 0.6 is 23.2 Å². The Balaban J connectivity index is 1.48. The van der Waals surface area contributed by atoms with Gasteiger partial charge in [-0.05, 0) is 38.5 Å². The molecule has 224 valence electrons. The first-order chi connectivity index (χ1) is 19.8. The molecule has 1 aromatic carbocycles. The summed E-state index contributed by atoms with van der Waals surface area (Å²) in [6.45, 7) is 7.93. The highest BCUT2D eigenvalue weighted by atomic mass is 35.5. The molecule has 13 heteroatoms. The number of ether oxygens (including phenoxy) is 1. The fourth-order valence-corrected chi connectivity index (χ4v) is 7.03. The number of rotatable bonds is 4. The number of benzene rings is 1. The number of carbonyl (C=O) groups excluding carboxylic acids is 2. The van der Waals surface area contributed by atoms with Gasteiger partial charge in [0.15, 0.2) is 5.75 Å². The highest BCUT2D eigenvalue weighted by Crippen LogP contribution is 2.48. The highest BCUT2D eigenvalue weighted by molar-refractivity contribution is 6.37. The lowest BCUT2D eigenvalue weighted by Gasteiger charge is -2.42. The summed E-state index contributed by atoms with van der Waals surface area (Å²) < 4.78 is 49.0. The molecule has 1 unspecified atom stereocenters. The number of hydrogen-bond acceptors (Lipinski definition) is 6. The van der Waals surface area contributed by atoms with Crippen LogP contribution in [0.15, 0.2) is 30.9 Å². The Hall–Kier alpha value is -3.02. The number of aromatic nitrogens is 1. The number of fused-ring (bicyclic) bond motifs is 2. The van der Waals surface area contributed by atoms with E-state index < -0.39 is 23.3 Å². The lowest BCUT2D eigenvalue weighted by Crippen LogP contribution is -2.60. The van der Waals surface area contributed by atoms with Gasteiger partial charge in [-0.3, -0.25) is 14.5 Å². The zero-order chi connectivity index (χ0) is 30.1. The maximum atomic E-state index is 15.2. The molecule has 8 nitrogen and oxygen atoms in total. The second-order valence-corrected chi connectivity index (χ2v) is 12.7. The Kier molecular flexibility index (Phi) is 7.14. The van der Waals surface area contributed by atoms with Crippen LogP contribution in [0.3, 0.4) is 0 Å². The number of pyridine rings is 1. The molecule has 0 radical (unpaired) electrons. The molecule has 1 aromatic heterocycles. The van der Waals surface area contributed by atoms with E-state index in [0.717, 1.165) is 0 Å². The lowest BCUT2D eigenvalue weighted by molar-refractivity contribution is -0.143. The van der Waals surface area contributed by atoms with E-state index >= 15 is 4.39 Å². The van der Waals surface area contributed by atoms with Gasteiger partial charge in [-0.15, -0.1) is 0 Å². The van der Waals surface area contributed by atoms with Crippen LogP contribution in [0, 0.1) is 5.82 Å². The first-order valence-electron chi connectivity index (χ1n) is 13.7. The van der Waals surface area contributed by atoms with Crippen molar-refractivity contribution in [3.63, 3.8) is 0 Å². The average Bonchev–Trinajstić information content (AvgIpc) is 3.16. The molecule has 4 aliphatic heterocycles. The van der Waals surface area contributed by atoms with Gasteiger partial charge in [0.25, 0.3) is 11.8 Å². The van der Waals surface area contributed by atoms with Crippen LogP contribution in [0.4, 0.5) is 19.0 Å². The Morgan fingerprint density at radius 1 is 1.14 bits per heavy atom. The molecule has 3 saturated heterocycles. The van der Waals surface area contributed by atoms with Crippen LogP contribution in [0.5, 0.6) is 5.75 Å². The SMILES string of the molecule is C=CC(=O)N1CCN2C(=O)c3c(N4CC(N5CC(F)(F)C5)CC4(C)C)nc(-c4c(F)cccc4Cl)c(Cl)c3OC[C@H]2C1. The molecular formula is C29H30Cl2F3N5O3. The van der Waals surface area contributed by atoms with Crippen molar-refractivity contribution in [1.82, 2.24) is 19.7 Å². The number of carbonyl (C=O) groups is 2. The minimum Gasteiger partial charge on any atom is -0.489 e. The standard InChI is InChI=1S/C29H30Cl2F3N5O3/c1-4-20(40)36-8-9-38-17(11-36)13-42-25-22(27(38)41)26(35-24(23(25)31)21-18(30)6-5-7-19(21)32)39-12-16(10-28(39,2)3)37-14-29(33,34)15-37/h4-7,16-17H,1,8-15H2,2-3H3/t16?,17-/m1/s1. The third kappa shape index (κ3) is 4.79. The molecule has 5 heterocycles. The van der Waals surface area contributed by atoms with Gasteiger partial charge in [0.05, 0.1) is 35.4 Å². The van der Waals surface area contributed by atoms with E-state index in [1.165, 1.54) is 24.3 Å². The van der Waals surface area contributed by atoms with Gasteiger partial charge in [-0.1, -0.05) is 35.8 Å². The maximum Gasteiger partial charge on any atom is 0.272 e. The van der Waals surface area contributed by atoms with Crippen molar-refractivity contribution in [3.8, 4) is 17.0 Å². The van der Waals surface area contributed by atoms with Crippen LogP contribution in [0.25, 0.3) is 11.3 Å². The summed E-state index contributed by atoms with van der Waals surface area (Å²) in [7, 11) is 0. The number of hydrogen-bond donors (Lipinski definition) is 0. The highest BCUT2D eigenvalue weighted by Gasteiger charge is 2.52. The number of piperazine rings is 1. The van der Waals surface area contributed by atoms with Crippen LogP contribution in [0.2, 0.25) is 10.0 Å². The van der Waals surface area contributed by atoms with E-state index in [9.17, 15) is 18.4 Å². The minimum atomic E-state index is -2.73. The van der Waals surface area contributed by atoms with Crippen molar-refractivity contribution in [2.45, 2.75) is 43.8 Å². The lowest BCUT2D eigenvalue weighted by atomic mass is 9.97. The van der Waals surface area contributed by atoms with Gasteiger partial charge in [0, 0.05) is 37.8 Å². The number of alkyl halides is 2. The number of anilines is 1. The van der Waals surface area contributed by atoms with Crippen molar-refractivity contribution in [3.05, 3.63) is 52.3 Å². The Morgan fingerprint density at radius 3 is 2.55 bits per heavy atom. The van der Waals surface area contributed by atoms with E-state index in [-0.39, 0.29) is 89.1 Å². The molecule has 0 bridgehead atoms. The van der Waals surface area contributed by atoms with E-state index in [1.54, 1.807) is 14.7 Å². The number of likely N-dealkylation sites (tertiary alicyclic amines) is 1. The van der Waals surface area contributed by atoms with Crippen molar-refractivity contribution in [1.29, 1.82) is 0 Å². The van der Waals surface area contributed by atoms with Crippen LogP contribution in [-0.4, -0.2) is 101 Å². The second kappa shape index (κ2) is 10.3. The van der Waals surface area contributed by atoms with Crippen LogP contribution in [-0.2, 0) is 4.79 Å². The molecule has 2 aromatic rings. The predicted octanol–water partition coefficient (Wildman–Crippen LogP) is 4.73. The van der Waals surface area contributed by atoms with Crippen molar-refractivity contribution < 1.29 is 27.5 Å². The van der Waals surface area contributed by atoms with Crippen molar-refractivity contribution >= 4 is 40.8 Å². The quantitative estimate of drug-likeness (QED) is 0.459. The van der Waals surface area contributed by atoms with Gasteiger partial charge >= 0.3 is 0 Å². The van der Waals surface area contributed by atoms with Gasteiger partial charge in [0.1, 0.15) is 28.8 Å². The number of halogens is 5. The molecule has 0 N–H and O–H groups in total. The molecule has 2 amide bonds. The molecule has 3 fully saturated rings. The third-order valence-corrected chi connectivity index (χ3v) is 9.30. The summed E-state index contributed by atoms with van der Waals surface area (Å²) in [5, 5.41) is 0.0107. The summed E-state index contributed by atoms with van der Waals surface area (Å²) in [6.07, 6.45) is 1.77. The Morgan fingerprint density at radius 2 is 1.88 bits per heavy atom. The number of amides is 2. The Bertz CT molecular complexity index is 1460. The normalized spacial score (nSPS) is 24.8. The van der Waals surface area contributed by atoms with E-state index in [0.29, 0.717) is 19.5 Å². The smallest absolute Gasteiger partial charge is 0.272 e. The first kappa shape index (κ1) is 29.1. The molecule has 0 aliphatic carbocycles. The fraction of sp³-hybridized carbons (Fsp3) is 0.483. The second-order valence-electron chi connectivity index (χ2n) is 11.9. The van der Waals surface area contributed by atoms with Gasteiger partial charge in [0.2, 0.25) is 5.91 Å². The van der Waals surface area contributed by atoms with Crippen molar-refractivity contribution in [2.24, 2.45) is 0 Å². The van der Waals surface area contributed by atoms with Gasteiger partial charge in [-0.2, -0.15) is 0 Å². The summed E-state index contributed by atoms with van der Waals surface area (Å²) in [4.78, 5) is 38.3. The number of nitrogens with zero attached hydrogens (tertiary/aromatic N) is 5. The summed E-state index contributed by atoms with van der Waals surface area (Å²) in [6, 6.07) is 3.53. The fourth-order valence-electron chi connectivity index (χ4n) is 6.49. The molecule has 42 heavy (non-hydrogen) atoms. The van der Waals surface area contributed by atoms with Gasteiger partial charge < -0.3 is 19.4 Å². The largest absolute Gasteiger partial charge is 0.489 e. The summed E-state index contributed by atoms with van der Waals surface area (Å²) in [5.41, 5.74) is -0.518. The zero-order valence-electron chi connectivity index (χ0n) is 23.2. The van der Waals surface area contributed by atoms with Crippen LogP contribution in [0.1, 0.15) is 30.6 Å². The minimum absolute atomic E-state index is 0.0133. The van der Waals surface area contributed by atoms with Gasteiger partial charge in [-0.25, -0.2) is 18.2 Å². The zero-order valence-corrected chi connectivity index (χ0v) is 24.7. The molecule has 0 spiro atoms.